The first-order valence-corrected chi connectivity index (χ1v) is 13.5. The SMILES string of the molecule is CC(C)(C)OC(=O)CC(NC(=O)[C@@H]1Cc2cccc3c2N1C(=O)[C@@H](NC(=O)OCc1ccccc1)CC3)C(=O)CF. The fourth-order valence-corrected chi connectivity index (χ4v) is 5.04. The van der Waals surface area contributed by atoms with Crippen LogP contribution in [0.15, 0.2) is 48.5 Å². The van der Waals surface area contributed by atoms with E-state index in [1.54, 1.807) is 39.0 Å². The van der Waals surface area contributed by atoms with Crippen LogP contribution < -0.4 is 15.5 Å². The molecule has 2 aromatic rings. The lowest BCUT2D eigenvalue weighted by atomic mass is 10.0. The number of benzene rings is 2. The molecule has 4 rings (SSSR count). The van der Waals surface area contributed by atoms with Crippen LogP contribution >= 0.6 is 0 Å². The van der Waals surface area contributed by atoms with Gasteiger partial charge in [-0.3, -0.25) is 24.1 Å². The van der Waals surface area contributed by atoms with Crippen LogP contribution in [0.25, 0.3) is 0 Å². The van der Waals surface area contributed by atoms with E-state index in [2.05, 4.69) is 10.6 Å². The third-order valence-corrected chi connectivity index (χ3v) is 6.84. The summed E-state index contributed by atoms with van der Waals surface area (Å²) in [5.74, 6) is -2.98. The summed E-state index contributed by atoms with van der Waals surface area (Å²) in [6, 6.07) is 11.1. The van der Waals surface area contributed by atoms with Gasteiger partial charge in [-0.1, -0.05) is 48.5 Å². The van der Waals surface area contributed by atoms with Gasteiger partial charge in [-0.15, -0.1) is 0 Å². The van der Waals surface area contributed by atoms with E-state index in [9.17, 15) is 28.4 Å². The van der Waals surface area contributed by atoms with Gasteiger partial charge >= 0.3 is 12.1 Å². The molecule has 2 aliphatic rings. The Labute approximate surface area is 237 Å². The predicted octanol–water partition coefficient (Wildman–Crippen LogP) is 2.94. The molecule has 3 atom stereocenters. The molecule has 3 amide bonds. The molecule has 0 saturated carbocycles. The minimum Gasteiger partial charge on any atom is -0.460 e. The third-order valence-electron chi connectivity index (χ3n) is 6.84. The molecule has 2 N–H and O–H groups in total. The van der Waals surface area contributed by atoms with Gasteiger partial charge in [-0.2, -0.15) is 0 Å². The topological polar surface area (TPSA) is 131 Å². The maximum Gasteiger partial charge on any atom is 0.408 e. The number of halogens is 1. The number of aryl methyl sites for hydroxylation is 1. The molecule has 41 heavy (non-hydrogen) atoms. The highest BCUT2D eigenvalue weighted by atomic mass is 19.1. The highest BCUT2D eigenvalue weighted by Crippen LogP contribution is 2.39. The van der Waals surface area contributed by atoms with Gasteiger partial charge in [-0.05, 0) is 50.3 Å². The molecule has 0 saturated heterocycles. The zero-order valence-electron chi connectivity index (χ0n) is 23.3. The second-order valence-corrected chi connectivity index (χ2v) is 11.1. The number of hydrogen-bond acceptors (Lipinski definition) is 7. The fourth-order valence-electron chi connectivity index (χ4n) is 5.04. The maximum absolute atomic E-state index is 13.8. The molecule has 0 radical (unpaired) electrons. The number of nitrogens with one attached hydrogen (secondary N) is 2. The second-order valence-electron chi connectivity index (χ2n) is 11.1. The molecule has 2 aliphatic heterocycles. The molecule has 0 bridgehead atoms. The van der Waals surface area contributed by atoms with Crippen LogP contribution in [0.5, 0.6) is 0 Å². The number of alkyl halides is 1. The number of esters is 1. The first-order chi connectivity index (χ1) is 19.5. The Morgan fingerprint density at radius 1 is 1.05 bits per heavy atom. The minimum atomic E-state index is -1.46. The van der Waals surface area contributed by atoms with Gasteiger partial charge in [0.25, 0.3) is 0 Å². The zero-order chi connectivity index (χ0) is 29.7. The summed E-state index contributed by atoms with van der Waals surface area (Å²) in [5, 5.41) is 5.10. The highest BCUT2D eigenvalue weighted by Gasteiger charge is 2.45. The van der Waals surface area contributed by atoms with Crippen LogP contribution in [0, 0.1) is 0 Å². The standard InChI is InChI=1S/C30H34FN3O7/c1-30(2,3)41-25(36)15-22(24(35)16-31)32-27(37)23-14-20-11-7-10-19-12-13-21(28(38)34(23)26(19)20)33-29(39)40-17-18-8-5-4-6-9-18/h4-11,21-23H,12-17H2,1-3H3,(H,32,37)(H,33,39)/t21-,22?,23-/m0/s1. The summed E-state index contributed by atoms with van der Waals surface area (Å²) in [7, 11) is 0. The van der Waals surface area contributed by atoms with Gasteiger partial charge in [-0.25, -0.2) is 9.18 Å². The summed E-state index contributed by atoms with van der Waals surface area (Å²) in [6.45, 7) is 3.58. The number of carbonyl (C=O) groups excluding carboxylic acids is 5. The number of alkyl carbamates (subject to hydrolysis) is 1. The van der Waals surface area contributed by atoms with Gasteiger partial charge in [0, 0.05) is 6.42 Å². The Morgan fingerprint density at radius 2 is 1.76 bits per heavy atom. The van der Waals surface area contributed by atoms with E-state index in [-0.39, 0.29) is 19.4 Å². The normalized spacial score (nSPS) is 18.5. The first kappa shape index (κ1) is 29.7. The van der Waals surface area contributed by atoms with Crippen molar-refractivity contribution in [2.24, 2.45) is 0 Å². The van der Waals surface area contributed by atoms with Crippen LogP contribution in [0.4, 0.5) is 14.9 Å². The van der Waals surface area contributed by atoms with E-state index in [1.807, 2.05) is 30.3 Å². The number of ether oxygens (including phenoxy) is 2. The van der Waals surface area contributed by atoms with E-state index >= 15 is 0 Å². The molecular weight excluding hydrogens is 533 g/mol. The lowest BCUT2D eigenvalue weighted by Gasteiger charge is -2.29. The maximum atomic E-state index is 13.8. The van der Waals surface area contributed by atoms with E-state index < -0.39 is 66.5 Å². The van der Waals surface area contributed by atoms with Crippen LogP contribution in [-0.4, -0.2) is 60.1 Å². The zero-order valence-corrected chi connectivity index (χ0v) is 23.3. The summed E-state index contributed by atoms with van der Waals surface area (Å²) >= 11 is 0. The Balaban J connectivity index is 1.51. The van der Waals surface area contributed by atoms with Crippen molar-refractivity contribution in [1.82, 2.24) is 10.6 Å². The predicted molar refractivity (Wildman–Crippen MR) is 147 cm³/mol. The summed E-state index contributed by atoms with van der Waals surface area (Å²) in [6.07, 6.45) is -0.436. The first-order valence-electron chi connectivity index (χ1n) is 13.5. The van der Waals surface area contributed by atoms with Crippen molar-refractivity contribution >= 4 is 35.3 Å². The average Bonchev–Trinajstić information content (AvgIpc) is 3.26. The molecule has 0 spiro atoms. The molecule has 11 heteroatoms. The van der Waals surface area contributed by atoms with Crippen molar-refractivity contribution in [2.75, 3.05) is 11.6 Å². The Kier molecular flexibility index (Phi) is 9.05. The summed E-state index contributed by atoms with van der Waals surface area (Å²) < 4.78 is 23.9. The summed E-state index contributed by atoms with van der Waals surface area (Å²) in [4.78, 5) is 65.9. The van der Waals surface area contributed by atoms with Gasteiger partial charge in [0.1, 0.15) is 37.0 Å². The monoisotopic (exact) mass is 567 g/mol. The average molecular weight is 568 g/mol. The van der Waals surface area contributed by atoms with Crippen molar-refractivity contribution in [1.29, 1.82) is 0 Å². The Hall–Kier alpha value is -4.28. The van der Waals surface area contributed by atoms with Crippen molar-refractivity contribution in [3.8, 4) is 0 Å². The van der Waals surface area contributed by atoms with Crippen molar-refractivity contribution in [2.45, 2.75) is 76.8 Å². The van der Waals surface area contributed by atoms with E-state index in [0.717, 1.165) is 16.7 Å². The lowest BCUT2D eigenvalue weighted by molar-refractivity contribution is -0.156. The lowest BCUT2D eigenvalue weighted by Crippen LogP contribution is -2.56. The fraction of sp³-hybridized carbons (Fsp3) is 0.433. The quantitative estimate of drug-likeness (QED) is 0.446. The summed E-state index contributed by atoms with van der Waals surface area (Å²) in [5.41, 5.74) is 2.12. The van der Waals surface area contributed by atoms with Gasteiger partial charge in [0.05, 0.1) is 12.1 Å². The number of carbonyl (C=O) groups is 5. The van der Waals surface area contributed by atoms with Crippen LogP contribution in [-0.2, 0) is 48.1 Å². The number of ketones is 1. The van der Waals surface area contributed by atoms with E-state index in [4.69, 9.17) is 9.47 Å². The molecule has 10 nitrogen and oxygen atoms in total. The number of rotatable bonds is 9. The largest absolute Gasteiger partial charge is 0.460 e. The van der Waals surface area contributed by atoms with Crippen molar-refractivity contribution in [3.63, 3.8) is 0 Å². The van der Waals surface area contributed by atoms with Crippen LogP contribution in [0.2, 0.25) is 0 Å². The molecule has 2 aromatic carbocycles. The van der Waals surface area contributed by atoms with Gasteiger partial charge in [0.15, 0.2) is 5.78 Å². The smallest absolute Gasteiger partial charge is 0.408 e. The van der Waals surface area contributed by atoms with E-state index in [1.165, 1.54) is 4.90 Å². The van der Waals surface area contributed by atoms with Gasteiger partial charge in [0.2, 0.25) is 11.8 Å². The van der Waals surface area contributed by atoms with Crippen LogP contribution in [0.3, 0.4) is 0 Å². The number of amides is 3. The highest BCUT2D eigenvalue weighted by molar-refractivity contribution is 6.08. The third kappa shape index (κ3) is 7.27. The molecule has 0 aromatic heterocycles. The molecular formula is C30H34FN3O7. The minimum absolute atomic E-state index is 0.0222. The number of anilines is 1. The van der Waals surface area contributed by atoms with Crippen molar-refractivity contribution < 1.29 is 37.8 Å². The van der Waals surface area contributed by atoms with Gasteiger partial charge < -0.3 is 20.1 Å². The number of Topliss-reactive ketones (excluding diaryl/α,β-unsaturated/α-hetero) is 1. The molecule has 0 aliphatic carbocycles. The number of hydrogen-bond donors (Lipinski definition) is 2. The molecule has 1 unspecified atom stereocenters. The molecule has 2 heterocycles. The Morgan fingerprint density at radius 3 is 2.44 bits per heavy atom. The van der Waals surface area contributed by atoms with Crippen LogP contribution in [0.1, 0.15) is 50.3 Å². The number of nitrogens with zero attached hydrogens (tertiary/aromatic N) is 1. The molecule has 0 fully saturated rings. The van der Waals surface area contributed by atoms with E-state index in [0.29, 0.717) is 12.1 Å². The number of para-hydroxylation sites is 1. The Bertz CT molecular complexity index is 1330. The van der Waals surface area contributed by atoms with Crippen molar-refractivity contribution in [3.05, 3.63) is 65.2 Å². The molecule has 218 valence electrons. The second kappa shape index (κ2) is 12.5.